The second kappa shape index (κ2) is 10.6. The first kappa shape index (κ1) is 27.3. The van der Waals surface area contributed by atoms with Gasteiger partial charge in [-0.2, -0.15) is 5.06 Å². The fraction of sp³-hybridized carbons (Fsp3) is 0.481. The summed E-state index contributed by atoms with van der Waals surface area (Å²) >= 11 is 0. The van der Waals surface area contributed by atoms with Crippen molar-refractivity contribution in [3.05, 3.63) is 59.7 Å². The third kappa shape index (κ3) is 7.85. The summed E-state index contributed by atoms with van der Waals surface area (Å²) in [5, 5.41) is 1.62. The lowest BCUT2D eigenvalue weighted by Gasteiger charge is -2.32. The molecular weight excluding hydrogens is 432 g/mol. The Labute approximate surface area is 203 Å². The molecule has 2 aromatic rings. The van der Waals surface area contributed by atoms with Crippen LogP contribution in [0, 0.1) is 0 Å². The predicted octanol–water partition coefficient (Wildman–Crippen LogP) is 4.61. The van der Waals surface area contributed by atoms with Crippen LogP contribution in [0.4, 0.5) is 0 Å². The van der Waals surface area contributed by atoms with Crippen molar-refractivity contribution in [2.24, 2.45) is 5.73 Å². The smallest absolute Gasteiger partial charge is 0.330 e. The van der Waals surface area contributed by atoms with Gasteiger partial charge in [0, 0.05) is 25.9 Å². The van der Waals surface area contributed by atoms with Crippen LogP contribution in [-0.2, 0) is 19.7 Å². The van der Waals surface area contributed by atoms with Crippen molar-refractivity contribution in [1.29, 1.82) is 0 Å². The summed E-state index contributed by atoms with van der Waals surface area (Å²) in [6.45, 7) is 10.9. The van der Waals surface area contributed by atoms with Gasteiger partial charge in [0.25, 0.3) is 0 Å². The van der Waals surface area contributed by atoms with E-state index < -0.39 is 22.5 Å². The SMILES string of the molecule is CN(C)Oc1ccc(C(C)(CCC(=O)OC(C)(C)C)c2ccc(OC(=O)C(C)(C)N)cc2)cc1. The van der Waals surface area contributed by atoms with Crippen molar-refractivity contribution in [2.45, 2.75) is 70.9 Å². The van der Waals surface area contributed by atoms with E-state index in [0.717, 1.165) is 16.9 Å². The lowest BCUT2D eigenvalue weighted by molar-refractivity contribution is -0.155. The third-order valence-corrected chi connectivity index (χ3v) is 5.26. The highest BCUT2D eigenvalue weighted by atomic mass is 16.7. The van der Waals surface area contributed by atoms with Gasteiger partial charge in [0.1, 0.15) is 22.6 Å². The van der Waals surface area contributed by atoms with Gasteiger partial charge in [-0.3, -0.25) is 4.79 Å². The van der Waals surface area contributed by atoms with Gasteiger partial charge in [-0.15, -0.1) is 0 Å². The molecule has 0 spiro atoms. The molecule has 0 saturated heterocycles. The fourth-order valence-corrected chi connectivity index (χ4v) is 3.42. The third-order valence-electron chi connectivity index (χ3n) is 5.26. The number of nitrogens with zero attached hydrogens (tertiary/aromatic N) is 1. The zero-order valence-corrected chi connectivity index (χ0v) is 21.6. The Kier molecular flexibility index (Phi) is 8.50. The van der Waals surface area contributed by atoms with Crippen LogP contribution < -0.4 is 15.3 Å². The number of hydroxylamine groups is 2. The molecule has 186 valence electrons. The number of hydrogen-bond acceptors (Lipinski definition) is 7. The van der Waals surface area contributed by atoms with E-state index in [-0.39, 0.29) is 12.4 Å². The molecule has 2 rings (SSSR count). The highest BCUT2D eigenvalue weighted by Gasteiger charge is 2.31. The second-order valence-corrected chi connectivity index (χ2v) is 10.5. The molecule has 2 N–H and O–H groups in total. The van der Waals surface area contributed by atoms with Crippen molar-refractivity contribution in [3.8, 4) is 11.5 Å². The minimum atomic E-state index is -1.09. The average Bonchev–Trinajstić information content (AvgIpc) is 2.70. The first-order valence-corrected chi connectivity index (χ1v) is 11.4. The van der Waals surface area contributed by atoms with Crippen LogP contribution in [0.5, 0.6) is 11.5 Å². The molecule has 7 heteroatoms. The van der Waals surface area contributed by atoms with Crippen molar-refractivity contribution < 1.29 is 23.9 Å². The lowest BCUT2D eigenvalue weighted by Crippen LogP contribution is -2.44. The molecule has 0 aliphatic rings. The van der Waals surface area contributed by atoms with Gasteiger partial charge in [-0.1, -0.05) is 31.2 Å². The maximum absolute atomic E-state index is 12.5. The number of carbonyl (C=O) groups excluding carboxylic acids is 2. The first-order valence-electron chi connectivity index (χ1n) is 11.4. The summed E-state index contributed by atoms with van der Waals surface area (Å²) < 4.78 is 10.9. The highest BCUT2D eigenvalue weighted by Crippen LogP contribution is 2.38. The number of nitrogens with two attached hydrogens (primary N) is 1. The minimum absolute atomic E-state index is 0.248. The summed E-state index contributed by atoms with van der Waals surface area (Å²) in [5.74, 6) is 0.373. The Bertz CT molecular complexity index is 970. The number of carbonyl (C=O) groups is 2. The summed E-state index contributed by atoms with van der Waals surface area (Å²) in [6.07, 6.45) is 0.784. The molecule has 34 heavy (non-hydrogen) atoms. The van der Waals surface area contributed by atoms with E-state index >= 15 is 0 Å². The topological polar surface area (TPSA) is 91.1 Å². The van der Waals surface area contributed by atoms with Gasteiger partial charge >= 0.3 is 11.9 Å². The maximum Gasteiger partial charge on any atom is 0.330 e. The van der Waals surface area contributed by atoms with Crippen LogP contribution >= 0.6 is 0 Å². The van der Waals surface area contributed by atoms with Crippen LogP contribution in [0.1, 0.15) is 65.5 Å². The van der Waals surface area contributed by atoms with Crippen LogP contribution in [0.2, 0.25) is 0 Å². The summed E-state index contributed by atoms with van der Waals surface area (Å²) in [4.78, 5) is 30.2. The average molecular weight is 471 g/mol. The molecule has 7 nitrogen and oxygen atoms in total. The van der Waals surface area contributed by atoms with E-state index in [1.807, 2.05) is 71.3 Å². The number of ether oxygens (including phenoxy) is 2. The zero-order valence-electron chi connectivity index (χ0n) is 21.6. The highest BCUT2D eigenvalue weighted by molar-refractivity contribution is 5.81. The first-order chi connectivity index (χ1) is 15.6. The van der Waals surface area contributed by atoms with E-state index in [1.165, 1.54) is 0 Å². The summed E-state index contributed by atoms with van der Waals surface area (Å²) in [6, 6.07) is 15.1. The molecular formula is C27H38N2O5. The quantitative estimate of drug-likeness (QED) is 0.325. The second-order valence-electron chi connectivity index (χ2n) is 10.5. The Morgan fingerprint density at radius 2 is 1.29 bits per heavy atom. The van der Waals surface area contributed by atoms with Crippen molar-refractivity contribution in [1.82, 2.24) is 5.06 Å². The Balaban J connectivity index is 2.34. The molecule has 2 aromatic carbocycles. The molecule has 1 unspecified atom stereocenters. The zero-order chi connectivity index (χ0) is 25.7. The molecule has 0 amide bonds. The Morgan fingerprint density at radius 1 is 0.824 bits per heavy atom. The van der Waals surface area contributed by atoms with Crippen molar-refractivity contribution >= 4 is 11.9 Å². The normalized spacial score (nSPS) is 13.8. The van der Waals surface area contributed by atoms with Crippen LogP contribution in [0.3, 0.4) is 0 Å². The molecule has 0 heterocycles. The number of esters is 2. The standard InChI is InChI=1S/C27H38N2O5/c1-25(2,3)33-23(30)17-18-27(6,20-11-15-22(16-12-20)34-29(7)8)19-9-13-21(14-10-19)32-24(31)26(4,5)28/h9-16H,17-18,28H2,1-8H3. The Hall–Kier alpha value is -2.90. The van der Waals surface area contributed by atoms with Crippen LogP contribution in [0.25, 0.3) is 0 Å². The lowest BCUT2D eigenvalue weighted by atomic mass is 9.73. The number of rotatable bonds is 9. The van der Waals surface area contributed by atoms with Gasteiger partial charge in [-0.25, -0.2) is 4.79 Å². The van der Waals surface area contributed by atoms with Gasteiger partial charge < -0.3 is 20.0 Å². The maximum atomic E-state index is 12.5. The van der Waals surface area contributed by atoms with Gasteiger partial charge in [0.2, 0.25) is 0 Å². The van der Waals surface area contributed by atoms with Crippen LogP contribution in [0.15, 0.2) is 48.5 Å². The van der Waals surface area contributed by atoms with Gasteiger partial charge in [-0.05, 0) is 76.4 Å². The molecule has 0 aromatic heterocycles. The molecule has 0 aliphatic carbocycles. The molecule has 0 aliphatic heterocycles. The Morgan fingerprint density at radius 3 is 1.71 bits per heavy atom. The van der Waals surface area contributed by atoms with E-state index in [2.05, 4.69) is 6.92 Å². The van der Waals surface area contributed by atoms with Crippen molar-refractivity contribution in [2.75, 3.05) is 14.1 Å². The fourth-order valence-electron chi connectivity index (χ4n) is 3.42. The minimum Gasteiger partial charge on any atom is -0.460 e. The molecule has 1 atom stereocenters. The summed E-state index contributed by atoms with van der Waals surface area (Å²) in [5.41, 5.74) is 5.70. The van der Waals surface area contributed by atoms with E-state index in [0.29, 0.717) is 12.2 Å². The van der Waals surface area contributed by atoms with Gasteiger partial charge in [0.05, 0.1) is 0 Å². The number of benzene rings is 2. The molecule has 0 radical (unpaired) electrons. The van der Waals surface area contributed by atoms with E-state index in [9.17, 15) is 9.59 Å². The predicted molar refractivity (Wildman–Crippen MR) is 133 cm³/mol. The molecule has 0 bridgehead atoms. The molecule has 0 saturated carbocycles. The monoisotopic (exact) mass is 470 g/mol. The molecule has 0 fully saturated rings. The van der Waals surface area contributed by atoms with E-state index in [4.69, 9.17) is 20.0 Å². The van der Waals surface area contributed by atoms with E-state index in [1.54, 1.807) is 31.0 Å². The van der Waals surface area contributed by atoms with Gasteiger partial charge in [0.15, 0.2) is 0 Å². The largest absolute Gasteiger partial charge is 0.460 e. The number of hydrogen-bond donors (Lipinski definition) is 1. The van der Waals surface area contributed by atoms with Crippen LogP contribution in [-0.4, -0.2) is 42.2 Å². The van der Waals surface area contributed by atoms with Crippen molar-refractivity contribution in [3.63, 3.8) is 0 Å². The summed E-state index contributed by atoms with van der Waals surface area (Å²) in [7, 11) is 3.64.